The van der Waals surface area contributed by atoms with Gasteiger partial charge in [-0.3, -0.25) is 19.6 Å². The number of benzene rings is 1. The van der Waals surface area contributed by atoms with Crippen LogP contribution >= 0.6 is 0 Å². The quantitative estimate of drug-likeness (QED) is 0.563. The van der Waals surface area contributed by atoms with Crippen LogP contribution in [0.15, 0.2) is 65.8 Å². The van der Waals surface area contributed by atoms with Crippen molar-refractivity contribution < 1.29 is 9.18 Å². The predicted molar refractivity (Wildman–Crippen MR) is 113 cm³/mol. The first kappa shape index (κ1) is 19.4. The Morgan fingerprint density at radius 1 is 1.17 bits per heavy atom. The summed E-state index contributed by atoms with van der Waals surface area (Å²) in [5.41, 5.74) is 3.01. The molecule has 4 rings (SSSR count). The number of nitrogens with zero attached hydrogens (tertiary/aromatic N) is 3. The molecule has 0 fully saturated rings. The molecule has 1 aromatic carbocycles. The lowest BCUT2D eigenvalue weighted by atomic mass is 10.1. The number of hydrogen-bond donors (Lipinski definition) is 1. The molecular weight excluding hydrogens is 383 g/mol. The molecule has 6 nitrogen and oxygen atoms in total. The van der Waals surface area contributed by atoms with E-state index in [-0.39, 0.29) is 11.1 Å². The van der Waals surface area contributed by atoms with Crippen molar-refractivity contribution in [2.45, 2.75) is 20.4 Å². The normalized spacial score (nSPS) is 10.9. The number of carbonyl (C=O) groups is 1. The highest BCUT2D eigenvalue weighted by Crippen LogP contribution is 2.19. The van der Waals surface area contributed by atoms with Crippen molar-refractivity contribution in [1.82, 2.24) is 14.5 Å². The molecule has 150 valence electrons. The third kappa shape index (κ3) is 3.82. The molecule has 0 spiro atoms. The predicted octanol–water partition coefficient (Wildman–Crippen LogP) is 3.85. The van der Waals surface area contributed by atoms with E-state index in [1.165, 1.54) is 12.1 Å². The molecule has 0 aliphatic carbocycles. The minimum absolute atomic E-state index is 0.250. The Kier molecular flexibility index (Phi) is 5.10. The van der Waals surface area contributed by atoms with Crippen molar-refractivity contribution in [3.8, 4) is 0 Å². The smallest absolute Gasteiger partial charge is 0.260 e. The Hall–Kier alpha value is -3.87. The summed E-state index contributed by atoms with van der Waals surface area (Å²) in [6.07, 6.45) is 5.05. The van der Waals surface area contributed by atoms with Crippen LogP contribution in [0.25, 0.3) is 10.9 Å². The lowest BCUT2D eigenvalue weighted by Gasteiger charge is -2.12. The summed E-state index contributed by atoms with van der Waals surface area (Å²) in [5.74, 6) is -0.889. The van der Waals surface area contributed by atoms with Gasteiger partial charge in [-0.05, 0) is 55.3 Å². The van der Waals surface area contributed by atoms with Crippen molar-refractivity contribution >= 4 is 22.5 Å². The zero-order chi connectivity index (χ0) is 21.3. The second-order valence-electron chi connectivity index (χ2n) is 7.08. The highest BCUT2D eigenvalue weighted by atomic mass is 19.1. The first-order valence-electron chi connectivity index (χ1n) is 9.39. The lowest BCUT2D eigenvalue weighted by Crippen LogP contribution is -2.22. The maximum absolute atomic E-state index is 13.6. The van der Waals surface area contributed by atoms with Gasteiger partial charge in [-0.1, -0.05) is 12.1 Å². The van der Waals surface area contributed by atoms with E-state index in [0.717, 1.165) is 11.1 Å². The summed E-state index contributed by atoms with van der Waals surface area (Å²) in [4.78, 5) is 34.3. The summed E-state index contributed by atoms with van der Waals surface area (Å²) in [6.45, 7) is 3.84. The van der Waals surface area contributed by atoms with E-state index in [2.05, 4.69) is 15.3 Å². The minimum atomic E-state index is -0.447. The average molecular weight is 402 g/mol. The summed E-state index contributed by atoms with van der Waals surface area (Å²) in [7, 11) is 0. The highest BCUT2D eigenvalue weighted by Gasteiger charge is 2.15. The third-order valence-electron chi connectivity index (χ3n) is 4.91. The van der Waals surface area contributed by atoms with E-state index >= 15 is 0 Å². The van der Waals surface area contributed by atoms with Gasteiger partial charge < -0.3 is 9.88 Å². The van der Waals surface area contributed by atoms with Gasteiger partial charge in [0, 0.05) is 24.3 Å². The molecule has 7 heteroatoms. The van der Waals surface area contributed by atoms with E-state index in [9.17, 15) is 14.0 Å². The number of amides is 1. The zero-order valence-corrected chi connectivity index (χ0v) is 16.5. The Bertz CT molecular complexity index is 1320. The van der Waals surface area contributed by atoms with Crippen LogP contribution in [-0.4, -0.2) is 20.4 Å². The number of anilines is 1. The number of hydrogen-bond acceptors (Lipinski definition) is 4. The van der Waals surface area contributed by atoms with Crippen molar-refractivity contribution in [3.63, 3.8) is 0 Å². The van der Waals surface area contributed by atoms with Crippen molar-refractivity contribution in [3.05, 3.63) is 99.6 Å². The summed E-state index contributed by atoms with van der Waals surface area (Å²) < 4.78 is 15.1. The SMILES string of the molecule is Cc1ccc(F)cc1NC(=O)c1cc2c(=O)n(Cc3cccnc3)ccc2nc1C. The van der Waals surface area contributed by atoms with Gasteiger partial charge in [0.05, 0.1) is 28.7 Å². The van der Waals surface area contributed by atoms with Gasteiger partial charge >= 0.3 is 0 Å². The molecule has 1 amide bonds. The van der Waals surface area contributed by atoms with Crippen LogP contribution in [-0.2, 0) is 6.54 Å². The molecule has 0 bridgehead atoms. The number of nitrogens with one attached hydrogen (secondary N) is 1. The highest BCUT2D eigenvalue weighted by molar-refractivity contribution is 6.07. The molecular formula is C23H19FN4O2. The van der Waals surface area contributed by atoms with Gasteiger partial charge in [0.1, 0.15) is 5.82 Å². The van der Waals surface area contributed by atoms with Crippen LogP contribution in [0.1, 0.15) is 27.2 Å². The van der Waals surface area contributed by atoms with Gasteiger partial charge in [0.15, 0.2) is 0 Å². The molecule has 0 radical (unpaired) electrons. The molecule has 0 aliphatic rings. The molecule has 0 atom stereocenters. The molecule has 4 aromatic rings. The average Bonchev–Trinajstić information content (AvgIpc) is 2.73. The summed E-state index contributed by atoms with van der Waals surface area (Å²) in [5, 5.41) is 3.05. The molecule has 0 unspecified atom stereocenters. The van der Waals surface area contributed by atoms with E-state index in [1.807, 2.05) is 12.1 Å². The summed E-state index contributed by atoms with van der Waals surface area (Å²) >= 11 is 0. The molecule has 3 heterocycles. The van der Waals surface area contributed by atoms with Crippen molar-refractivity contribution in [1.29, 1.82) is 0 Å². The topological polar surface area (TPSA) is 76.9 Å². The molecule has 30 heavy (non-hydrogen) atoms. The van der Waals surface area contributed by atoms with Crippen molar-refractivity contribution in [2.24, 2.45) is 0 Å². The van der Waals surface area contributed by atoms with Crippen LogP contribution in [0.4, 0.5) is 10.1 Å². The fourth-order valence-electron chi connectivity index (χ4n) is 3.27. The molecule has 0 saturated heterocycles. The first-order valence-corrected chi connectivity index (χ1v) is 9.39. The Morgan fingerprint density at radius 2 is 2.00 bits per heavy atom. The number of fused-ring (bicyclic) bond motifs is 1. The maximum Gasteiger partial charge on any atom is 0.260 e. The first-order chi connectivity index (χ1) is 14.4. The van der Waals surface area contributed by atoms with E-state index < -0.39 is 11.7 Å². The number of pyridine rings is 3. The fraction of sp³-hybridized carbons (Fsp3) is 0.130. The van der Waals surface area contributed by atoms with Gasteiger partial charge in [-0.2, -0.15) is 0 Å². The molecule has 3 aromatic heterocycles. The standard InChI is InChI=1S/C23H19FN4O2/c1-14-5-6-17(24)10-21(14)27-22(29)18-11-19-20(26-15(18)2)7-9-28(23(19)30)13-16-4-3-8-25-12-16/h3-12H,13H2,1-2H3,(H,27,29). The molecule has 0 aliphatic heterocycles. The monoisotopic (exact) mass is 402 g/mol. The third-order valence-corrected chi connectivity index (χ3v) is 4.91. The van der Waals surface area contributed by atoms with E-state index in [0.29, 0.717) is 28.8 Å². The van der Waals surface area contributed by atoms with Gasteiger partial charge in [0.25, 0.3) is 11.5 Å². The number of aromatic nitrogens is 3. The number of carbonyl (C=O) groups excluding carboxylic acids is 1. The maximum atomic E-state index is 13.6. The fourth-order valence-corrected chi connectivity index (χ4v) is 3.27. The van der Waals surface area contributed by atoms with Crippen LogP contribution in [0.5, 0.6) is 0 Å². The zero-order valence-electron chi connectivity index (χ0n) is 16.5. The number of halogens is 1. The Labute approximate surface area is 172 Å². The Balaban J connectivity index is 1.72. The minimum Gasteiger partial charge on any atom is -0.322 e. The number of rotatable bonds is 4. The molecule has 0 saturated carbocycles. The second kappa shape index (κ2) is 7.87. The van der Waals surface area contributed by atoms with Crippen molar-refractivity contribution in [2.75, 3.05) is 5.32 Å². The van der Waals surface area contributed by atoms with Gasteiger partial charge in [-0.25, -0.2) is 4.39 Å². The van der Waals surface area contributed by atoms with Crippen LogP contribution < -0.4 is 10.9 Å². The van der Waals surface area contributed by atoms with Gasteiger partial charge in [0.2, 0.25) is 0 Å². The van der Waals surface area contributed by atoms with E-state index in [4.69, 9.17) is 0 Å². The van der Waals surface area contributed by atoms with E-state index in [1.54, 1.807) is 55.2 Å². The second-order valence-corrected chi connectivity index (χ2v) is 7.08. The Morgan fingerprint density at radius 3 is 2.77 bits per heavy atom. The van der Waals surface area contributed by atoms with Crippen LogP contribution in [0, 0.1) is 19.7 Å². The van der Waals surface area contributed by atoms with Crippen LogP contribution in [0.3, 0.4) is 0 Å². The summed E-state index contributed by atoms with van der Waals surface area (Å²) in [6, 6.07) is 11.2. The number of aryl methyl sites for hydroxylation is 2. The lowest BCUT2D eigenvalue weighted by molar-refractivity contribution is 0.102. The molecule has 1 N–H and O–H groups in total. The van der Waals surface area contributed by atoms with Crippen LogP contribution in [0.2, 0.25) is 0 Å². The largest absolute Gasteiger partial charge is 0.322 e. The van der Waals surface area contributed by atoms with Gasteiger partial charge in [-0.15, -0.1) is 0 Å².